The van der Waals surface area contributed by atoms with Gasteiger partial charge in [0.15, 0.2) is 5.82 Å². The van der Waals surface area contributed by atoms with E-state index in [2.05, 4.69) is 15.3 Å². The van der Waals surface area contributed by atoms with Crippen molar-refractivity contribution >= 4 is 26.7 Å². The second-order valence-corrected chi connectivity index (χ2v) is 7.76. The number of aromatic nitrogens is 2. The molecule has 2 aromatic carbocycles. The Morgan fingerprint density at radius 2 is 1.44 bits per heavy atom. The standard InChI is InChI=1S/C18H18N4O2S/c23-25(24,14-6-2-1-3-7-14)18-17(22-12-10-19-11-13-22)20-15-8-4-5-9-16(15)21-18/h1-9,19H,10-13H2. The van der Waals surface area contributed by atoms with Crippen molar-refractivity contribution in [2.75, 3.05) is 31.1 Å². The maximum absolute atomic E-state index is 13.2. The molecule has 3 aromatic rings. The predicted octanol–water partition coefficient (Wildman–Crippen LogP) is 1.87. The first kappa shape index (κ1) is 16.0. The van der Waals surface area contributed by atoms with E-state index in [1.165, 1.54) is 0 Å². The highest BCUT2D eigenvalue weighted by atomic mass is 32.2. The second kappa shape index (κ2) is 6.42. The van der Waals surface area contributed by atoms with Crippen LogP contribution < -0.4 is 10.2 Å². The van der Waals surface area contributed by atoms with Gasteiger partial charge in [0.2, 0.25) is 14.9 Å². The van der Waals surface area contributed by atoms with Crippen molar-refractivity contribution in [1.29, 1.82) is 0 Å². The number of anilines is 1. The zero-order valence-electron chi connectivity index (χ0n) is 13.6. The molecule has 0 spiro atoms. The lowest BCUT2D eigenvalue weighted by atomic mass is 10.3. The Hall–Kier alpha value is -2.51. The fraction of sp³-hybridized carbons (Fsp3) is 0.222. The third-order valence-electron chi connectivity index (χ3n) is 4.25. The number of fused-ring (bicyclic) bond motifs is 1. The van der Waals surface area contributed by atoms with Crippen LogP contribution in [0.2, 0.25) is 0 Å². The summed E-state index contributed by atoms with van der Waals surface area (Å²) < 4.78 is 26.4. The summed E-state index contributed by atoms with van der Waals surface area (Å²) in [7, 11) is -3.75. The van der Waals surface area contributed by atoms with Crippen molar-refractivity contribution in [3.05, 3.63) is 54.6 Å². The third-order valence-corrected chi connectivity index (χ3v) is 5.92. The van der Waals surface area contributed by atoms with E-state index < -0.39 is 9.84 Å². The van der Waals surface area contributed by atoms with Crippen LogP contribution in [0.4, 0.5) is 5.82 Å². The van der Waals surface area contributed by atoms with E-state index in [1.54, 1.807) is 36.4 Å². The fourth-order valence-corrected chi connectivity index (χ4v) is 4.32. The molecule has 0 saturated carbocycles. The molecule has 1 aliphatic rings. The SMILES string of the molecule is O=S(=O)(c1ccccc1)c1nc2ccccc2nc1N1CCNCC1. The van der Waals surface area contributed by atoms with E-state index in [0.717, 1.165) is 13.1 Å². The Morgan fingerprint density at radius 1 is 0.840 bits per heavy atom. The van der Waals surface area contributed by atoms with Gasteiger partial charge in [-0.1, -0.05) is 30.3 Å². The van der Waals surface area contributed by atoms with Gasteiger partial charge < -0.3 is 10.2 Å². The van der Waals surface area contributed by atoms with E-state index in [9.17, 15) is 8.42 Å². The first-order chi connectivity index (χ1) is 12.2. The molecule has 0 radical (unpaired) electrons. The summed E-state index contributed by atoms with van der Waals surface area (Å²) in [6.07, 6.45) is 0. The predicted molar refractivity (Wildman–Crippen MR) is 96.5 cm³/mol. The lowest BCUT2D eigenvalue weighted by Gasteiger charge is -2.29. The van der Waals surface area contributed by atoms with Crippen molar-refractivity contribution in [3.63, 3.8) is 0 Å². The molecule has 4 rings (SSSR count). The number of sulfone groups is 1. The number of hydrogen-bond acceptors (Lipinski definition) is 6. The van der Waals surface area contributed by atoms with Crippen molar-refractivity contribution < 1.29 is 8.42 Å². The molecule has 1 fully saturated rings. The third kappa shape index (κ3) is 2.96. The number of rotatable bonds is 3. The van der Waals surface area contributed by atoms with Gasteiger partial charge in [-0.3, -0.25) is 0 Å². The molecule has 7 heteroatoms. The molecule has 25 heavy (non-hydrogen) atoms. The largest absolute Gasteiger partial charge is 0.352 e. The molecule has 0 unspecified atom stereocenters. The Bertz CT molecular complexity index is 1000. The summed E-state index contributed by atoms with van der Waals surface area (Å²) in [5, 5.41) is 3.30. The topological polar surface area (TPSA) is 75.2 Å². The minimum atomic E-state index is -3.75. The van der Waals surface area contributed by atoms with Crippen molar-refractivity contribution in [2.24, 2.45) is 0 Å². The number of hydrogen-bond donors (Lipinski definition) is 1. The highest BCUT2D eigenvalue weighted by molar-refractivity contribution is 7.91. The van der Waals surface area contributed by atoms with E-state index in [0.29, 0.717) is 29.9 Å². The van der Waals surface area contributed by atoms with Crippen LogP contribution in [0.15, 0.2) is 64.5 Å². The second-order valence-electron chi connectivity index (χ2n) is 5.89. The molecule has 0 bridgehead atoms. The van der Waals surface area contributed by atoms with Gasteiger partial charge in [0.25, 0.3) is 0 Å². The van der Waals surface area contributed by atoms with Gasteiger partial charge in [-0.15, -0.1) is 0 Å². The molecular formula is C18H18N4O2S. The molecule has 128 valence electrons. The zero-order valence-corrected chi connectivity index (χ0v) is 14.4. The highest BCUT2D eigenvalue weighted by Gasteiger charge is 2.28. The van der Waals surface area contributed by atoms with E-state index >= 15 is 0 Å². The maximum Gasteiger partial charge on any atom is 0.227 e. The Kier molecular flexibility index (Phi) is 4.10. The molecule has 6 nitrogen and oxygen atoms in total. The molecule has 0 amide bonds. The monoisotopic (exact) mass is 354 g/mol. The summed E-state index contributed by atoms with van der Waals surface area (Å²) in [5.41, 5.74) is 1.28. The van der Waals surface area contributed by atoms with Crippen LogP contribution in [-0.2, 0) is 9.84 Å². The van der Waals surface area contributed by atoms with Gasteiger partial charge in [-0.25, -0.2) is 18.4 Å². The van der Waals surface area contributed by atoms with Gasteiger partial charge in [0.05, 0.1) is 15.9 Å². The van der Waals surface area contributed by atoms with Gasteiger partial charge >= 0.3 is 0 Å². The van der Waals surface area contributed by atoms with Crippen molar-refractivity contribution in [3.8, 4) is 0 Å². The van der Waals surface area contributed by atoms with Crippen LogP contribution >= 0.6 is 0 Å². The fourth-order valence-electron chi connectivity index (χ4n) is 2.95. The molecular weight excluding hydrogens is 336 g/mol. The molecule has 1 aromatic heterocycles. The molecule has 1 saturated heterocycles. The van der Waals surface area contributed by atoms with Gasteiger partial charge in [-0.2, -0.15) is 0 Å². The molecule has 0 aliphatic carbocycles. The van der Waals surface area contributed by atoms with Crippen LogP contribution in [0.3, 0.4) is 0 Å². The van der Waals surface area contributed by atoms with E-state index in [1.807, 2.05) is 23.1 Å². The van der Waals surface area contributed by atoms with Crippen molar-refractivity contribution in [1.82, 2.24) is 15.3 Å². The molecule has 1 N–H and O–H groups in total. The number of nitrogens with one attached hydrogen (secondary N) is 1. The first-order valence-electron chi connectivity index (χ1n) is 8.19. The van der Waals surface area contributed by atoms with Gasteiger partial charge in [0.1, 0.15) is 0 Å². The molecule has 2 heterocycles. The Balaban J connectivity index is 1.94. The minimum Gasteiger partial charge on any atom is -0.352 e. The number of para-hydroxylation sites is 2. The lowest BCUT2D eigenvalue weighted by molar-refractivity contribution is 0.572. The van der Waals surface area contributed by atoms with E-state index in [-0.39, 0.29) is 9.92 Å². The molecule has 0 atom stereocenters. The van der Waals surface area contributed by atoms with Gasteiger partial charge in [0, 0.05) is 26.2 Å². The van der Waals surface area contributed by atoms with Gasteiger partial charge in [-0.05, 0) is 24.3 Å². The summed E-state index contributed by atoms with van der Waals surface area (Å²) >= 11 is 0. The first-order valence-corrected chi connectivity index (χ1v) is 9.67. The number of benzene rings is 2. The van der Waals surface area contributed by atoms with Crippen LogP contribution in [0.1, 0.15) is 0 Å². The van der Waals surface area contributed by atoms with E-state index in [4.69, 9.17) is 0 Å². The minimum absolute atomic E-state index is 0.0271. The maximum atomic E-state index is 13.2. The number of piperazine rings is 1. The lowest BCUT2D eigenvalue weighted by Crippen LogP contribution is -2.44. The summed E-state index contributed by atoms with van der Waals surface area (Å²) in [5.74, 6) is 0.434. The van der Waals surface area contributed by atoms with Crippen LogP contribution in [0.25, 0.3) is 11.0 Å². The average Bonchev–Trinajstić information content (AvgIpc) is 2.68. The summed E-state index contributed by atoms with van der Waals surface area (Å²) in [6.45, 7) is 2.98. The average molecular weight is 354 g/mol. The zero-order chi connectivity index (χ0) is 17.3. The van der Waals surface area contributed by atoms with Crippen LogP contribution in [0.5, 0.6) is 0 Å². The quantitative estimate of drug-likeness (QED) is 0.774. The highest BCUT2D eigenvalue weighted by Crippen LogP contribution is 2.29. The smallest absolute Gasteiger partial charge is 0.227 e. The number of nitrogens with zero attached hydrogens (tertiary/aromatic N) is 3. The van der Waals surface area contributed by atoms with Crippen molar-refractivity contribution in [2.45, 2.75) is 9.92 Å². The summed E-state index contributed by atoms with van der Waals surface area (Å²) in [4.78, 5) is 11.4. The molecule has 1 aliphatic heterocycles. The Labute approximate surface area is 146 Å². The van der Waals surface area contributed by atoms with Crippen LogP contribution in [0, 0.1) is 0 Å². The Morgan fingerprint density at radius 3 is 2.12 bits per heavy atom. The summed E-state index contributed by atoms with van der Waals surface area (Å²) in [6, 6.07) is 15.8. The van der Waals surface area contributed by atoms with Crippen LogP contribution in [-0.4, -0.2) is 44.6 Å². The normalized spacial score (nSPS) is 15.4.